The minimum absolute atomic E-state index is 0.0598. The number of anilines is 1. The van der Waals surface area contributed by atoms with Crippen LogP contribution in [-0.4, -0.2) is 17.0 Å². The van der Waals surface area contributed by atoms with Crippen molar-refractivity contribution in [2.75, 3.05) is 5.32 Å². The van der Waals surface area contributed by atoms with Crippen LogP contribution in [0, 0.1) is 6.92 Å². The van der Waals surface area contributed by atoms with Gasteiger partial charge in [0.2, 0.25) is 0 Å². The predicted molar refractivity (Wildman–Crippen MR) is 75.4 cm³/mol. The molecule has 0 aliphatic rings. The minimum Gasteiger partial charge on any atom is -0.469 e. The van der Waals surface area contributed by atoms with Crippen LogP contribution >= 0.6 is 11.6 Å². The summed E-state index contributed by atoms with van der Waals surface area (Å²) in [7, 11) is 0. The number of nitrogens with one attached hydrogen (secondary N) is 1. The number of furan rings is 1. The summed E-state index contributed by atoms with van der Waals surface area (Å²) in [6.45, 7) is 1.69. The first-order valence-corrected chi connectivity index (χ1v) is 6.03. The molecule has 0 aliphatic heterocycles. The molecule has 1 aromatic carbocycles. The molecule has 0 radical (unpaired) electrons. The normalized spacial score (nSPS) is 11.4. The molecule has 104 valence electrons. The summed E-state index contributed by atoms with van der Waals surface area (Å²) in [4.78, 5) is 12.0. The lowest BCUT2D eigenvalue weighted by Gasteiger charge is -2.08. The number of carbonyl (C=O) groups excluding carboxylic acids is 1. The lowest BCUT2D eigenvalue weighted by molar-refractivity contribution is 0.102. The van der Waals surface area contributed by atoms with Crippen molar-refractivity contribution in [2.24, 2.45) is 10.9 Å². The van der Waals surface area contributed by atoms with E-state index in [2.05, 4.69) is 10.5 Å². The van der Waals surface area contributed by atoms with E-state index in [9.17, 15) is 4.79 Å². The fourth-order valence-electron chi connectivity index (χ4n) is 1.64. The number of hydrogen-bond donors (Lipinski definition) is 3. The maximum Gasteiger partial charge on any atom is 0.259 e. The summed E-state index contributed by atoms with van der Waals surface area (Å²) < 4.78 is 5.06. The molecule has 0 unspecified atom stereocenters. The van der Waals surface area contributed by atoms with Gasteiger partial charge in [0, 0.05) is 5.56 Å². The van der Waals surface area contributed by atoms with E-state index in [1.807, 2.05) is 0 Å². The lowest BCUT2D eigenvalue weighted by Crippen LogP contribution is -2.15. The fourth-order valence-corrected chi connectivity index (χ4v) is 1.87. The van der Waals surface area contributed by atoms with Gasteiger partial charge in [-0.25, -0.2) is 0 Å². The smallest absolute Gasteiger partial charge is 0.259 e. The van der Waals surface area contributed by atoms with Crippen molar-refractivity contribution < 1.29 is 14.4 Å². The number of nitrogens with zero attached hydrogens (tertiary/aromatic N) is 1. The van der Waals surface area contributed by atoms with Crippen molar-refractivity contribution >= 4 is 29.0 Å². The quantitative estimate of drug-likeness (QED) is 0.350. The van der Waals surface area contributed by atoms with E-state index in [1.165, 1.54) is 12.3 Å². The van der Waals surface area contributed by atoms with Crippen molar-refractivity contribution in [2.45, 2.75) is 6.92 Å². The molecule has 20 heavy (non-hydrogen) atoms. The average Bonchev–Trinajstić information content (AvgIpc) is 2.86. The van der Waals surface area contributed by atoms with Gasteiger partial charge in [0.05, 0.1) is 22.5 Å². The number of benzene rings is 1. The van der Waals surface area contributed by atoms with Crippen molar-refractivity contribution in [1.29, 1.82) is 0 Å². The molecule has 2 rings (SSSR count). The number of amides is 1. The van der Waals surface area contributed by atoms with E-state index in [4.69, 9.17) is 27.0 Å². The number of rotatable bonds is 3. The highest BCUT2D eigenvalue weighted by atomic mass is 35.5. The van der Waals surface area contributed by atoms with Crippen molar-refractivity contribution in [3.05, 3.63) is 52.4 Å². The van der Waals surface area contributed by atoms with Gasteiger partial charge in [-0.1, -0.05) is 16.8 Å². The predicted octanol–water partition coefficient (Wildman–Crippen LogP) is 2.59. The van der Waals surface area contributed by atoms with Gasteiger partial charge < -0.3 is 20.7 Å². The maximum atomic E-state index is 12.0. The Morgan fingerprint density at radius 2 is 2.20 bits per heavy atom. The van der Waals surface area contributed by atoms with Crippen LogP contribution in [0.15, 0.2) is 40.1 Å². The number of oxime groups is 1. The number of halogens is 1. The molecular weight excluding hydrogens is 282 g/mol. The zero-order chi connectivity index (χ0) is 14.7. The molecule has 0 atom stereocenters. The van der Waals surface area contributed by atoms with Gasteiger partial charge in [-0.2, -0.15) is 0 Å². The first kappa shape index (κ1) is 14.0. The van der Waals surface area contributed by atoms with Crippen molar-refractivity contribution in [3.63, 3.8) is 0 Å². The molecular formula is C13H12ClN3O3. The largest absolute Gasteiger partial charge is 0.469 e. The fraction of sp³-hybridized carbons (Fsp3) is 0.0769. The minimum atomic E-state index is -0.324. The molecule has 4 N–H and O–H groups in total. The zero-order valence-electron chi connectivity index (χ0n) is 10.6. The summed E-state index contributed by atoms with van der Waals surface area (Å²) in [5, 5.41) is 14.4. The Hall–Kier alpha value is -2.47. The van der Waals surface area contributed by atoms with Crippen LogP contribution in [0.25, 0.3) is 0 Å². The molecule has 0 spiro atoms. The summed E-state index contributed by atoms with van der Waals surface area (Å²) in [6.07, 6.45) is 1.44. The number of aryl methyl sites for hydroxylation is 1. The lowest BCUT2D eigenvalue weighted by atomic mass is 10.2. The third kappa shape index (κ3) is 2.75. The molecule has 6 nitrogen and oxygen atoms in total. The van der Waals surface area contributed by atoms with Gasteiger partial charge in [0.25, 0.3) is 5.91 Å². The van der Waals surface area contributed by atoms with Crippen LogP contribution in [0.2, 0.25) is 5.02 Å². The Kier molecular flexibility index (Phi) is 3.95. The first-order chi connectivity index (χ1) is 9.52. The highest BCUT2D eigenvalue weighted by molar-refractivity contribution is 6.34. The Bertz CT molecular complexity index is 679. The van der Waals surface area contributed by atoms with E-state index < -0.39 is 0 Å². The molecule has 1 aromatic heterocycles. The summed E-state index contributed by atoms with van der Waals surface area (Å²) in [6, 6.07) is 6.22. The van der Waals surface area contributed by atoms with Gasteiger partial charge in [-0.3, -0.25) is 4.79 Å². The molecule has 0 aliphatic carbocycles. The highest BCUT2D eigenvalue weighted by Gasteiger charge is 2.13. The van der Waals surface area contributed by atoms with E-state index in [0.29, 0.717) is 22.6 Å². The first-order valence-electron chi connectivity index (χ1n) is 5.66. The standard InChI is InChI=1S/C13H12ClN3O3/c1-7-9(4-5-20-7)13(18)16-11-3-2-8(6-10(11)14)12(15)17-19/h2-6,19H,1H3,(H2,15,17)(H,16,18). The zero-order valence-corrected chi connectivity index (χ0v) is 11.3. The maximum absolute atomic E-state index is 12.0. The Balaban J connectivity index is 2.23. The van der Waals surface area contributed by atoms with Gasteiger partial charge in [0.1, 0.15) is 5.76 Å². The summed E-state index contributed by atoms with van der Waals surface area (Å²) in [5.41, 5.74) is 6.76. The van der Waals surface area contributed by atoms with Crippen LogP contribution in [0.3, 0.4) is 0 Å². The van der Waals surface area contributed by atoms with E-state index >= 15 is 0 Å². The topological polar surface area (TPSA) is 101 Å². The van der Waals surface area contributed by atoms with Gasteiger partial charge in [-0.05, 0) is 31.2 Å². The number of hydrogen-bond acceptors (Lipinski definition) is 4. The van der Waals surface area contributed by atoms with E-state index in [0.717, 1.165) is 0 Å². The third-order valence-corrected chi connectivity index (χ3v) is 3.04. The monoisotopic (exact) mass is 293 g/mol. The second-order valence-corrected chi connectivity index (χ2v) is 4.43. The van der Waals surface area contributed by atoms with Crippen LogP contribution < -0.4 is 11.1 Å². The second-order valence-electron chi connectivity index (χ2n) is 4.02. The van der Waals surface area contributed by atoms with Crippen molar-refractivity contribution in [1.82, 2.24) is 0 Å². The molecule has 0 fully saturated rings. The average molecular weight is 294 g/mol. The molecule has 0 saturated carbocycles. The van der Waals surface area contributed by atoms with Gasteiger partial charge in [0.15, 0.2) is 5.84 Å². The molecule has 1 amide bonds. The van der Waals surface area contributed by atoms with Crippen molar-refractivity contribution in [3.8, 4) is 0 Å². The Labute approximate surface area is 119 Å². The number of amidine groups is 1. The van der Waals surface area contributed by atoms with E-state index in [1.54, 1.807) is 25.1 Å². The molecule has 1 heterocycles. The van der Waals surface area contributed by atoms with Gasteiger partial charge in [-0.15, -0.1) is 0 Å². The molecule has 7 heteroatoms. The van der Waals surface area contributed by atoms with Crippen LogP contribution in [0.4, 0.5) is 5.69 Å². The third-order valence-electron chi connectivity index (χ3n) is 2.72. The van der Waals surface area contributed by atoms with Gasteiger partial charge >= 0.3 is 0 Å². The van der Waals surface area contributed by atoms with E-state index in [-0.39, 0.29) is 16.8 Å². The summed E-state index contributed by atoms with van der Waals surface area (Å²) in [5.74, 6) is 0.136. The molecule has 0 bridgehead atoms. The second kappa shape index (κ2) is 5.66. The number of nitrogens with two attached hydrogens (primary N) is 1. The summed E-state index contributed by atoms with van der Waals surface area (Å²) >= 11 is 6.05. The number of carbonyl (C=O) groups is 1. The molecule has 2 aromatic rings. The highest BCUT2D eigenvalue weighted by Crippen LogP contribution is 2.24. The Morgan fingerprint density at radius 1 is 1.45 bits per heavy atom. The van der Waals surface area contributed by atoms with Crippen LogP contribution in [-0.2, 0) is 0 Å². The molecule has 0 saturated heterocycles. The SMILES string of the molecule is Cc1occc1C(=O)Nc1ccc(/C(N)=N/O)cc1Cl. The van der Waals surface area contributed by atoms with Crippen LogP contribution in [0.5, 0.6) is 0 Å². The van der Waals surface area contributed by atoms with Crippen LogP contribution in [0.1, 0.15) is 21.7 Å². The Morgan fingerprint density at radius 3 is 2.75 bits per heavy atom.